The Hall–Kier alpha value is -1.95. The molecule has 1 aliphatic heterocycles. The zero-order valence-electron chi connectivity index (χ0n) is 10.8. The van der Waals surface area contributed by atoms with Gasteiger partial charge >= 0.3 is 5.97 Å². The SMILES string of the molecule is CN1CCC(c2nc3c(C(=O)O)cccn3n2)CC1. The lowest BCUT2D eigenvalue weighted by Crippen LogP contribution is -2.29. The van der Waals surface area contributed by atoms with Gasteiger partial charge < -0.3 is 10.0 Å². The Morgan fingerprint density at radius 2 is 2.16 bits per heavy atom. The number of likely N-dealkylation sites (tertiary alicyclic amines) is 1. The molecule has 0 atom stereocenters. The molecule has 19 heavy (non-hydrogen) atoms. The highest BCUT2D eigenvalue weighted by Crippen LogP contribution is 2.25. The first kappa shape index (κ1) is 12.1. The van der Waals surface area contributed by atoms with E-state index in [1.54, 1.807) is 22.8 Å². The Balaban J connectivity index is 1.98. The van der Waals surface area contributed by atoms with Crippen molar-refractivity contribution in [3.05, 3.63) is 29.7 Å². The van der Waals surface area contributed by atoms with Crippen LogP contribution in [0.25, 0.3) is 5.65 Å². The first-order valence-electron chi connectivity index (χ1n) is 6.42. The van der Waals surface area contributed by atoms with Crippen molar-refractivity contribution < 1.29 is 9.90 Å². The van der Waals surface area contributed by atoms with Crippen molar-refractivity contribution in [3.8, 4) is 0 Å². The van der Waals surface area contributed by atoms with Crippen LogP contribution < -0.4 is 0 Å². The Morgan fingerprint density at radius 1 is 1.42 bits per heavy atom. The van der Waals surface area contributed by atoms with Crippen LogP contribution in [0.4, 0.5) is 0 Å². The second-order valence-electron chi connectivity index (χ2n) is 5.04. The number of aromatic nitrogens is 3. The minimum Gasteiger partial charge on any atom is -0.478 e. The van der Waals surface area contributed by atoms with E-state index < -0.39 is 5.97 Å². The van der Waals surface area contributed by atoms with Gasteiger partial charge in [0.2, 0.25) is 0 Å². The van der Waals surface area contributed by atoms with Crippen molar-refractivity contribution in [3.63, 3.8) is 0 Å². The van der Waals surface area contributed by atoms with Crippen molar-refractivity contribution in [2.75, 3.05) is 20.1 Å². The fourth-order valence-corrected chi connectivity index (χ4v) is 2.53. The van der Waals surface area contributed by atoms with Gasteiger partial charge in [-0.3, -0.25) is 0 Å². The predicted molar refractivity (Wildman–Crippen MR) is 69.4 cm³/mol. The van der Waals surface area contributed by atoms with E-state index in [0.717, 1.165) is 31.8 Å². The average Bonchev–Trinajstić information content (AvgIpc) is 2.82. The summed E-state index contributed by atoms with van der Waals surface area (Å²) in [7, 11) is 2.11. The Bertz CT molecular complexity index is 614. The van der Waals surface area contributed by atoms with Gasteiger partial charge in [-0.2, -0.15) is 5.10 Å². The highest BCUT2D eigenvalue weighted by atomic mass is 16.4. The van der Waals surface area contributed by atoms with Gasteiger partial charge in [0.25, 0.3) is 0 Å². The summed E-state index contributed by atoms with van der Waals surface area (Å²) in [5.74, 6) is 0.132. The second-order valence-corrected chi connectivity index (χ2v) is 5.04. The number of pyridine rings is 1. The number of rotatable bonds is 2. The monoisotopic (exact) mass is 260 g/mol. The summed E-state index contributed by atoms with van der Waals surface area (Å²) in [6.07, 6.45) is 3.79. The minimum atomic E-state index is -0.965. The van der Waals surface area contributed by atoms with Crippen LogP contribution in [0, 0.1) is 0 Å². The van der Waals surface area contributed by atoms with Gasteiger partial charge in [0.15, 0.2) is 11.5 Å². The molecule has 0 unspecified atom stereocenters. The number of nitrogens with zero attached hydrogens (tertiary/aromatic N) is 4. The first-order chi connectivity index (χ1) is 9.15. The summed E-state index contributed by atoms with van der Waals surface area (Å²) >= 11 is 0. The number of hydrogen-bond donors (Lipinski definition) is 1. The van der Waals surface area contributed by atoms with E-state index in [4.69, 9.17) is 5.11 Å². The highest BCUT2D eigenvalue weighted by molar-refractivity contribution is 5.94. The Labute approximate surface area is 110 Å². The minimum absolute atomic E-state index is 0.203. The van der Waals surface area contributed by atoms with Crippen LogP contribution >= 0.6 is 0 Å². The lowest BCUT2D eigenvalue weighted by Gasteiger charge is -2.26. The third kappa shape index (κ3) is 2.19. The normalized spacial score (nSPS) is 17.9. The van der Waals surface area contributed by atoms with Crippen molar-refractivity contribution in [2.24, 2.45) is 0 Å². The summed E-state index contributed by atoms with van der Waals surface area (Å²) in [4.78, 5) is 17.9. The van der Waals surface area contributed by atoms with Gasteiger partial charge in [-0.15, -0.1) is 0 Å². The van der Waals surface area contributed by atoms with Crippen LogP contribution in [0.2, 0.25) is 0 Å². The molecular weight excluding hydrogens is 244 g/mol. The summed E-state index contributed by atoms with van der Waals surface area (Å²) in [6.45, 7) is 2.07. The fourth-order valence-electron chi connectivity index (χ4n) is 2.53. The van der Waals surface area contributed by atoms with Crippen molar-refractivity contribution in [2.45, 2.75) is 18.8 Å². The van der Waals surface area contributed by atoms with E-state index in [1.165, 1.54) is 0 Å². The van der Waals surface area contributed by atoms with Gasteiger partial charge in [-0.05, 0) is 45.1 Å². The van der Waals surface area contributed by atoms with E-state index in [-0.39, 0.29) is 5.56 Å². The average molecular weight is 260 g/mol. The van der Waals surface area contributed by atoms with E-state index in [9.17, 15) is 4.79 Å². The van der Waals surface area contributed by atoms with Crippen LogP contribution in [0.1, 0.15) is 34.9 Å². The fraction of sp³-hybridized carbons (Fsp3) is 0.462. The van der Waals surface area contributed by atoms with Crippen LogP contribution in [-0.4, -0.2) is 50.7 Å². The van der Waals surface area contributed by atoms with Gasteiger partial charge in [-0.25, -0.2) is 14.3 Å². The molecule has 0 aliphatic carbocycles. The van der Waals surface area contributed by atoms with E-state index in [1.807, 2.05) is 0 Å². The molecule has 1 saturated heterocycles. The van der Waals surface area contributed by atoms with E-state index in [2.05, 4.69) is 22.0 Å². The molecule has 0 amide bonds. The zero-order chi connectivity index (χ0) is 13.4. The Morgan fingerprint density at radius 3 is 2.84 bits per heavy atom. The maximum absolute atomic E-state index is 11.2. The number of aromatic carboxylic acids is 1. The van der Waals surface area contributed by atoms with Crippen LogP contribution in [0.5, 0.6) is 0 Å². The molecule has 1 aliphatic rings. The third-order valence-electron chi connectivity index (χ3n) is 3.69. The molecular formula is C13H16N4O2. The Kier molecular flexibility index (Phi) is 2.94. The summed E-state index contributed by atoms with van der Waals surface area (Å²) in [5.41, 5.74) is 0.637. The molecule has 2 aromatic heterocycles. The summed E-state index contributed by atoms with van der Waals surface area (Å²) in [5, 5.41) is 13.6. The maximum atomic E-state index is 11.2. The molecule has 1 N–H and O–H groups in total. The molecule has 0 aromatic carbocycles. The molecule has 2 aromatic rings. The quantitative estimate of drug-likeness (QED) is 0.879. The molecule has 0 radical (unpaired) electrons. The molecule has 6 heteroatoms. The number of carbonyl (C=O) groups is 1. The smallest absolute Gasteiger partial charge is 0.339 e. The summed E-state index contributed by atoms with van der Waals surface area (Å²) in [6, 6.07) is 3.24. The summed E-state index contributed by atoms with van der Waals surface area (Å²) < 4.78 is 1.57. The molecule has 0 saturated carbocycles. The largest absolute Gasteiger partial charge is 0.478 e. The molecule has 1 fully saturated rings. The standard InChI is InChI=1S/C13H16N4O2/c1-16-7-4-9(5-8-16)11-14-12-10(13(18)19)3-2-6-17(12)15-11/h2-3,6,9H,4-5,7-8H2,1H3,(H,18,19). The lowest BCUT2D eigenvalue weighted by atomic mass is 9.97. The molecule has 0 bridgehead atoms. The van der Waals surface area contributed by atoms with Crippen molar-refractivity contribution in [1.29, 1.82) is 0 Å². The number of piperidine rings is 1. The molecule has 6 nitrogen and oxygen atoms in total. The van der Waals surface area contributed by atoms with Gasteiger partial charge in [-0.1, -0.05) is 0 Å². The molecule has 0 spiro atoms. The van der Waals surface area contributed by atoms with Crippen LogP contribution in [0.3, 0.4) is 0 Å². The highest BCUT2D eigenvalue weighted by Gasteiger charge is 2.23. The number of hydrogen-bond acceptors (Lipinski definition) is 4. The number of carboxylic acid groups (broad SMARTS) is 1. The van der Waals surface area contributed by atoms with Crippen molar-refractivity contribution in [1.82, 2.24) is 19.5 Å². The molecule has 3 heterocycles. The predicted octanol–water partition coefficient (Wildman–Crippen LogP) is 1.24. The van der Waals surface area contributed by atoms with Gasteiger partial charge in [0.05, 0.1) is 0 Å². The number of carboxylic acids is 1. The number of fused-ring (bicyclic) bond motifs is 1. The maximum Gasteiger partial charge on any atom is 0.339 e. The molecule has 3 rings (SSSR count). The lowest BCUT2D eigenvalue weighted by molar-refractivity contribution is 0.0698. The second kappa shape index (κ2) is 4.62. The first-order valence-corrected chi connectivity index (χ1v) is 6.42. The van der Waals surface area contributed by atoms with Crippen LogP contribution in [-0.2, 0) is 0 Å². The molecule has 100 valence electrons. The van der Waals surface area contributed by atoms with Gasteiger partial charge in [0, 0.05) is 12.1 Å². The third-order valence-corrected chi connectivity index (χ3v) is 3.69. The van der Waals surface area contributed by atoms with Gasteiger partial charge in [0.1, 0.15) is 5.56 Å². The topological polar surface area (TPSA) is 70.7 Å². The van der Waals surface area contributed by atoms with E-state index in [0.29, 0.717) is 11.6 Å². The zero-order valence-corrected chi connectivity index (χ0v) is 10.8. The van der Waals surface area contributed by atoms with E-state index >= 15 is 0 Å². The van der Waals surface area contributed by atoms with Crippen molar-refractivity contribution >= 4 is 11.6 Å². The van der Waals surface area contributed by atoms with Crippen LogP contribution in [0.15, 0.2) is 18.3 Å².